The van der Waals surface area contributed by atoms with Crippen molar-refractivity contribution in [2.45, 2.75) is 0 Å². The predicted molar refractivity (Wildman–Crippen MR) is 79.4 cm³/mol. The van der Waals surface area contributed by atoms with Crippen molar-refractivity contribution in [3.05, 3.63) is 58.3 Å². The van der Waals surface area contributed by atoms with Crippen LogP contribution in [0, 0.1) is 0 Å². The van der Waals surface area contributed by atoms with Crippen LogP contribution in [0.5, 0.6) is 0 Å². The topological polar surface area (TPSA) is 80.9 Å². The molecule has 0 spiro atoms. The van der Waals surface area contributed by atoms with Crippen molar-refractivity contribution < 1.29 is 9.90 Å². The van der Waals surface area contributed by atoms with Gasteiger partial charge in [0.05, 0.1) is 11.9 Å². The zero-order valence-electron chi connectivity index (χ0n) is 10.7. The van der Waals surface area contributed by atoms with Crippen LogP contribution >= 0.6 is 11.3 Å². The average molecular weight is 298 g/mol. The smallest absolute Gasteiger partial charge is 0.355 e. The van der Waals surface area contributed by atoms with Crippen molar-refractivity contribution in [2.24, 2.45) is 0 Å². The van der Waals surface area contributed by atoms with Crippen molar-refractivity contribution in [1.29, 1.82) is 0 Å². The number of carbonyl (C=O) groups is 1. The van der Waals surface area contributed by atoms with E-state index in [0.717, 1.165) is 5.69 Å². The van der Waals surface area contributed by atoms with Crippen LogP contribution in [0.4, 0.5) is 0 Å². The number of rotatable bonds is 4. The van der Waals surface area contributed by atoms with E-state index in [1.807, 2.05) is 30.3 Å². The molecule has 0 amide bonds. The van der Waals surface area contributed by atoms with Gasteiger partial charge < -0.3 is 5.11 Å². The van der Waals surface area contributed by atoms with Crippen LogP contribution < -0.4 is 0 Å². The molecule has 7 heteroatoms. The Bertz CT molecular complexity index is 792. The number of aromatic carboxylic acids is 1. The largest absolute Gasteiger partial charge is 0.476 e. The third-order valence-electron chi connectivity index (χ3n) is 2.67. The standard InChI is InChI=1S/C14H10N4O2S/c19-14(20)12-9-21-13(15-12)7-6-10-8-18(17-16-10)11-4-2-1-3-5-11/h1-9H,(H,19,20)/b7-6+. The first-order chi connectivity index (χ1) is 10.2. The summed E-state index contributed by atoms with van der Waals surface area (Å²) in [7, 11) is 0. The molecule has 0 unspecified atom stereocenters. The summed E-state index contributed by atoms with van der Waals surface area (Å²) in [6.07, 6.45) is 5.25. The lowest BCUT2D eigenvalue weighted by molar-refractivity contribution is 0.0691. The molecule has 1 aromatic carbocycles. The van der Waals surface area contributed by atoms with Crippen LogP contribution in [0.25, 0.3) is 17.8 Å². The van der Waals surface area contributed by atoms with Crippen molar-refractivity contribution in [2.75, 3.05) is 0 Å². The third kappa shape index (κ3) is 3.03. The minimum Gasteiger partial charge on any atom is -0.476 e. The van der Waals surface area contributed by atoms with E-state index in [4.69, 9.17) is 5.11 Å². The molecule has 0 radical (unpaired) electrons. The second-order valence-electron chi connectivity index (χ2n) is 4.13. The Morgan fingerprint density at radius 3 is 2.76 bits per heavy atom. The predicted octanol–water partition coefficient (Wildman–Crippen LogP) is 2.59. The molecule has 0 aliphatic carbocycles. The van der Waals surface area contributed by atoms with Crippen LogP contribution in [-0.2, 0) is 0 Å². The minimum atomic E-state index is -1.03. The van der Waals surface area contributed by atoms with Gasteiger partial charge in [0.2, 0.25) is 0 Å². The minimum absolute atomic E-state index is 0.0487. The summed E-state index contributed by atoms with van der Waals surface area (Å²) in [6, 6.07) is 9.65. The number of carboxylic acids is 1. The molecular weight excluding hydrogens is 288 g/mol. The van der Waals surface area contributed by atoms with E-state index in [9.17, 15) is 4.79 Å². The monoisotopic (exact) mass is 298 g/mol. The third-order valence-corrected chi connectivity index (χ3v) is 3.48. The van der Waals surface area contributed by atoms with Crippen LogP contribution in [-0.4, -0.2) is 31.1 Å². The summed E-state index contributed by atoms with van der Waals surface area (Å²) in [5.74, 6) is -1.03. The van der Waals surface area contributed by atoms with E-state index >= 15 is 0 Å². The Morgan fingerprint density at radius 1 is 1.24 bits per heavy atom. The molecule has 3 aromatic rings. The summed E-state index contributed by atoms with van der Waals surface area (Å²) in [5.41, 5.74) is 1.64. The lowest BCUT2D eigenvalue weighted by Gasteiger charge is -1.96. The van der Waals surface area contributed by atoms with Crippen LogP contribution in [0.1, 0.15) is 21.2 Å². The maximum absolute atomic E-state index is 10.7. The van der Waals surface area contributed by atoms with Gasteiger partial charge in [0.15, 0.2) is 5.69 Å². The zero-order valence-corrected chi connectivity index (χ0v) is 11.6. The van der Waals surface area contributed by atoms with Gasteiger partial charge in [0, 0.05) is 5.38 Å². The van der Waals surface area contributed by atoms with E-state index in [1.165, 1.54) is 16.7 Å². The molecule has 0 atom stereocenters. The first-order valence-corrected chi connectivity index (χ1v) is 6.95. The summed E-state index contributed by atoms with van der Waals surface area (Å²) in [5, 5.41) is 19.0. The molecule has 2 heterocycles. The number of thiazole rings is 1. The number of para-hydroxylation sites is 1. The molecule has 0 aliphatic heterocycles. The van der Waals surface area contributed by atoms with E-state index < -0.39 is 5.97 Å². The quantitative estimate of drug-likeness (QED) is 0.800. The fraction of sp³-hybridized carbons (Fsp3) is 0. The lowest BCUT2D eigenvalue weighted by Crippen LogP contribution is -1.95. The number of aromatic nitrogens is 4. The lowest BCUT2D eigenvalue weighted by atomic mass is 10.3. The molecule has 3 rings (SSSR count). The van der Waals surface area contributed by atoms with Crippen LogP contribution in [0.15, 0.2) is 41.9 Å². The van der Waals surface area contributed by atoms with Crippen LogP contribution in [0.2, 0.25) is 0 Å². The van der Waals surface area contributed by atoms with Gasteiger partial charge in [-0.25, -0.2) is 14.5 Å². The molecule has 0 bridgehead atoms. The fourth-order valence-electron chi connectivity index (χ4n) is 1.68. The van der Waals surface area contributed by atoms with Crippen molar-refractivity contribution in [1.82, 2.24) is 20.0 Å². The van der Waals surface area contributed by atoms with E-state index in [0.29, 0.717) is 10.7 Å². The normalized spacial score (nSPS) is 11.0. The molecule has 21 heavy (non-hydrogen) atoms. The Labute approximate surface area is 124 Å². The van der Waals surface area contributed by atoms with E-state index in [1.54, 1.807) is 23.0 Å². The van der Waals surface area contributed by atoms with Gasteiger partial charge in [0.25, 0.3) is 0 Å². The number of hydrogen-bond acceptors (Lipinski definition) is 5. The van der Waals surface area contributed by atoms with Gasteiger partial charge >= 0.3 is 5.97 Å². The van der Waals surface area contributed by atoms with Crippen LogP contribution in [0.3, 0.4) is 0 Å². The van der Waals surface area contributed by atoms with Gasteiger partial charge in [-0.1, -0.05) is 23.4 Å². The highest BCUT2D eigenvalue weighted by Crippen LogP contribution is 2.13. The second-order valence-corrected chi connectivity index (χ2v) is 5.02. The van der Waals surface area contributed by atoms with Gasteiger partial charge in [-0.05, 0) is 24.3 Å². The van der Waals surface area contributed by atoms with E-state index in [2.05, 4.69) is 15.3 Å². The molecule has 0 saturated heterocycles. The second kappa shape index (κ2) is 5.68. The van der Waals surface area contributed by atoms with Gasteiger partial charge in [-0.15, -0.1) is 16.4 Å². The molecule has 0 saturated carbocycles. The van der Waals surface area contributed by atoms with Gasteiger partial charge in [-0.2, -0.15) is 0 Å². The molecule has 6 nitrogen and oxygen atoms in total. The molecule has 0 aliphatic rings. The first-order valence-electron chi connectivity index (χ1n) is 6.07. The number of hydrogen-bond donors (Lipinski definition) is 1. The maximum atomic E-state index is 10.7. The van der Waals surface area contributed by atoms with Gasteiger partial charge in [0.1, 0.15) is 10.7 Å². The summed E-state index contributed by atoms with van der Waals surface area (Å²) in [4.78, 5) is 14.7. The Balaban J connectivity index is 1.77. The molecular formula is C14H10N4O2S. The Morgan fingerprint density at radius 2 is 2.05 bits per heavy atom. The Hall–Kier alpha value is -2.80. The molecule has 104 valence electrons. The van der Waals surface area contributed by atoms with Crippen molar-refractivity contribution in [3.63, 3.8) is 0 Å². The molecule has 0 fully saturated rings. The summed E-state index contributed by atoms with van der Waals surface area (Å²) >= 11 is 1.27. The van der Waals surface area contributed by atoms with Crippen molar-refractivity contribution in [3.8, 4) is 5.69 Å². The highest BCUT2D eigenvalue weighted by Gasteiger charge is 2.06. The van der Waals surface area contributed by atoms with E-state index in [-0.39, 0.29) is 5.69 Å². The average Bonchev–Trinajstić information content (AvgIpc) is 3.15. The number of benzene rings is 1. The Kier molecular flexibility index (Phi) is 3.57. The fourth-order valence-corrected chi connectivity index (χ4v) is 2.36. The zero-order chi connectivity index (χ0) is 14.7. The number of carboxylic acid groups (broad SMARTS) is 1. The molecule has 1 N–H and O–H groups in total. The first kappa shape index (κ1) is 13.2. The number of nitrogens with zero attached hydrogens (tertiary/aromatic N) is 4. The maximum Gasteiger partial charge on any atom is 0.355 e. The van der Waals surface area contributed by atoms with Gasteiger partial charge in [-0.3, -0.25) is 0 Å². The highest BCUT2D eigenvalue weighted by molar-refractivity contribution is 7.10. The SMILES string of the molecule is O=C(O)c1csc(/C=C/c2cn(-c3ccccc3)nn2)n1. The summed E-state index contributed by atoms with van der Waals surface area (Å²) < 4.78 is 1.67. The summed E-state index contributed by atoms with van der Waals surface area (Å²) in [6.45, 7) is 0. The highest BCUT2D eigenvalue weighted by atomic mass is 32.1. The van der Waals surface area contributed by atoms with Crippen molar-refractivity contribution >= 4 is 29.5 Å². The molecule has 2 aromatic heterocycles.